The van der Waals surface area contributed by atoms with Crippen molar-refractivity contribution in [3.05, 3.63) is 5.69 Å². The minimum absolute atomic E-state index is 0.138. The van der Waals surface area contributed by atoms with Gasteiger partial charge in [0.2, 0.25) is 5.95 Å². The van der Waals surface area contributed by atoms with Crippen molar-refractivity contribution in [2.45, 2.75) is 32.1 Å². The van der Waals surface area contributed by atoms with Crippen molar-refractivity contribution < 1.29 is 0 Å². The molecule has 1 rings (SSSR count). The third-order valence-corrected chi connectivity index (χ3v) is 3.67. The highest BCUT2D eigenvalue weighted by atomic mass is 28.3. The van der Waals surface area contributed by atoms with Gasteiger partial charge in [-0.15, -0.1) is 10.2 Å². The highest BCUT2D eigenvalue weighted by Crippen LogP contribution is 2.14. The van der Waals surface area contributed by atoms with Crippen LogP contribution in [0.15, 0.2) is 0 Å². The molecule has 6 heteroatoms. The molecule has 14 heavy (non-hydrogen) atoms. The van der Waals surface area contributed by atoms with Crippen LogP contribution in [0.4, 0.5) is 11.8 Å². The number of hydrogen-bond acceptors (Lipinski definition) is 5. The van der Waals surface area contributed by atoms with Crippen LogP contribution in [0.25, 0.3) is 0 Å². The Morgan fingerprint density at radius 1 is 1.14 bits per heavy atom. The summed E-state index contributed by atoms with van der Waals surface area (Å²) < 4.78 is 0. The van der Waals surface area contributed by atoms with Gasteiger partial charge in [-0.05, 0) is 6.42 Å². The van der Waals surface area contributed by atoms with E-state index in [4.69, 9.17) is 11.5 Å². The molecule has 0 aromatic carbocycles. The normalized spacial score (nSPS) is 11.6. The van der Waals surface area contributed by atoms with E-state index < -0.39 is 8.07 Å². The van der Waals surface area contributed by atoms with Crippen molar-refractivity contribution >= 4 is 19.8 Å². The van der Waals surface area contributed by atoms with Gasteiger partial charge in [-0.3, -0.25) is 0 Å². The van der Waals surface area contributed by atoms with Gasteiger partial charge >= 0.3 is 0 Å². The Labute approximate surface area is 84.9 Å². The lowest BCUT2D eigenvalue weighted by Crippen LogP contribution is -2.21. The molecule has 0 amide bonds. The minimum Gasteiger partial charge on any atom is -0.382 e. The molecule has 78 valence electrons. The van der Waals surface area contributed by atoms with Crippen LogP contribution in [-0.4, -0.2) is 23.3 Å². The molecule has 0 saturated heterocycles. The first-order valence-corrected chi connectivity index (χ1v) is 8.34. The molecule has 0 radical (unpaired) electrons. The molecule has 0 fully saturated rings. The van der Waals surface area contributed by atoms with E-state index in [1.54, 1.807) is 0 Å². The first kappa shape index (κ1) is 10.9. The maximum atomic E-state index is 5.67. The van der Waals surface area contributed by atoms with Crippen molar-refractivity contribution in [2.24, 2.45) is 0 Å². The van der Waals surface area contributed by atoms with Crippen LogP contribution in [0, 0.1) is 0 Å². The fraction of sp³-hybridized carbons (Fsp3) is 0.625. The zero-order valence-electron chi connectivity index (χ0n) is 8.91. The second kappa shape index (κ2) is 3.91. The number of aryl methyl sites for hydroxylation is 1. The molecule has 0 saturated carbocycles. The Morgan fingerprint density at radius 2 is 1.79 bits per heavy atom. The Bertz CT molecular complexity index is 320. The van der Waals surface area contributed by atoms with Crippen LogP contribution in [0.2, 0.25) is 25.7 Å². The number of nitrogens with zero attached hydrogens (tertiary/aromatic N) is 3. The average Bonchev–Trinajstić information content (AvgIpc) is 2.00. The summed E-state index contributed by atoms with van der Waals surface area (Å²) in [6.07, 6.45) is 0.849. The molecule has 1 aromatic heterocycles. The summed E-state index contributed by atoms with van der Waals surface area (Å²) in [5.74, 6) is 0.551. The number of aromatic nitrogens is 3. The molecule has 0 aliphatic heterocycles. The van der Waals surface area contributed by atoms with Gasteiger partial charge in [-0.25, -0.2) is 0 Å². The number of nitrogens with two attached hydrogens (primary N) is 2. The van der Waals surface area contributed by atoms with E-state index >= 15 is 0 Å². The minimum atomic E-state index is -1.06. The quantitative estimate of drug-likeness (QED) is 0.725. The lowest BCUT2D eigenvalue weighted by Gasteiger charge is -2.14. The zero-order chi connectivity index (χ0) is 10.8. The summed E-state index contributed by atoms with van der Waals surface area (Å²) in [6, 6.07) is 1.14. The summed E-state index contributed by atoms with van der Waals surface area (Å²) in [5.41, 5.74) is 11.8. The van der Waals surface area contributed by atoms with E-state index in [0.29, 0.717) is 5.82 Å². The number of nitrogen functional groups attached to an aromatic ring is 2. The van der Waals surface area contributed by atoms with Crippen LogP contribution in [0.5, 0.6) is 0 Å². The van der Waals surface area contributed by atoms with Crippen LogP contribution in [0.3, 0.4) is 0 Å². The second-order valence-corrected chi connectivity index (χ2v) is 10.2. The van der Waals surface area contributed by atoms with Crippen LogP contribution >= 0.6 is 0 Å². The predicted molar refractivity (Wildman–Crippen MR) is 60.5 cm³/mol. The van der Waals surface area contributed by atoms with Gasteiger partial charge in [0.25, 0.3) is 0 Å². The third-order valence-electron chi connectivity index (χ3n) is 1.92. The number of anilines is 2. The van der Waals surface area contributed by atoms with Crippen molar-refractivity contribution in [1.82, 2.24) is 15.2 Å². The molecular weight excluding hydrogens is 194 g/mol. The zero-order valence-corrected chi connectivity index (χ0v) is 9.91. The fourth-order valence-corrected chi connectivity index (χ4v) is 2.03. The maximum absolute atomic E-state index is 5.67. The molecule has 5 nitrogen and oxygen atoms in total. The Kier molecular flexibility index (Phi) is 3.05. The highest BCUT2D eigenvalue weighted by Gasteiger charge is 2.14. The summed E-state index contributed by atoms with van der Waals surface area (Å²) in [7, 11) is -1.06. The summed E-state index contributed by atoms with van der Waals surface area (Å²) in [5, 5.41) is 7.63. The molecule has 0 unspecified atom stereocenters. The average molecular weight is 211 g/mol. The largest absolute Gasteiger partial charge is 0.382 e. The number of rotatable bonds is 3. The summed E-state index contributed by atoms with van der Waals surface area (Å²) in [4.78, 5) is 3.87. The van der Waals surface area contributed by atoms with E-state index in [1.165, 1.54) is 0 Å². The van der Waals surface area contributed by atoms with E-state index in [-0.39, 0.29) is 5.95 Å². The van der Waals surface area contributed by atoms with Gasteiger partial charge in [-0.1, -0.05) is 25.7 Å². The lowest BCUT2D eigenvalue weighted by molar-refractivity contribution is 0.889. The van der Waals surface area contributed by atoms with Crippen LogP contribution < -0.4 is 11.5 Å². The lowest BCUT2D eigenvalue weighted by atomic mass is 10.3. The van der Waals surface area contributed by atoms with E-state index in [0.717, 1.165) is 18.2 Å². The Balaban J connectivity index is 2.68. The van der Waals surface area contributed by atoms with Gasteiger partial charge in [0.05, 0.1) is 0 Å². The monoisotopic (exact) mass is 211 g/mol. The van der Waals surface area contributed by atoms with Crippen LogP contribution in [-0.2, 0) is 6.42 Å². The number of hydrogen-bond donors (Lipinski definition) is 2. The molecule has 0 bridgehead atoms. The van der Waals surface area contributed by atoms with E-state index in [9.17, 15) is 0 Å². The fourth-order valence-electron chi connectivity index (χ4n) is 1.04. The topological polar surface area (TPSA) is 90.7 Å². The molecule has 1 heterocycles. The molecule has 0 aliphatic carbocycles. The third kappa shape index (κ3) is 3.29. The molecule has 1 aromatic rings. The first-order valence-electron chi connectivity index (χ1n) is 4.63. The Hall–Kier alpha value is -1.17. The van der Waals surface area contributed by atoms with Gasteiger partial charge in [0.1, 0.15) is 5.69 Å². The predicted octanol–water partition coefficient (Wildman–Crippen LogP) is 0.917. The van der Waals surface area contributed by atoms with Crippen molar-refractivity contribution in [1.29, 1.82) is 0 Å². The van der Waals surface area contributed by atoms with E-state index in [1.807, 2.05) is 0 Å². The van der Waals surface area contributed by atoms with Crippen molar-refractivity contribution in [3.63, 3.8) is 0 Å². The van der Waals surface area contributed by atoms with Gasteiger partial charge in [0.15, 0.2) is 5.82 Å². The Morgan fingerprint density at radius 3 is 2.29 bits per heavy atom. The maximum Gasteiger partial charge on any atom is 0.242 e. The van der Waals surface area contributed by atoms with Crippen LogP contribution in [0.1, 0.15) is 5.69 Å². The molecule has 0 atom stereocenters. The molecule has 0 spiro atoms. The molecule has 4 N–H and O–H groups in total. The smallest absolute Gasteiger partial charge is 0.242 e. The second-order valence-electron chi connectivity index (χ2n) is 4.56. The summed E-state index contributed by atoms with van der Waals surface area (Å²) in [6.45, 7) is 6.92. The summed E-state index contributed by atoms with van der Waals surface area (Å²) >= 11 is 0. The molecular formula is C8H17N5Si. The van der Waals surface area contributed by atoms with Gasteiger partial charge < -0.3 is 11.5 Å². The van der Waals surface area contributed by atoms with Gasteiger partial charge in [-0.2, -0.15) is 4.98 Å². The SMILES string of the molecule is C[Si](C)(C)CCc1nnc(N)nc1N. The van der Waals surface area contributed by atoms with Gasteiger partial charge in [0, 0.05) is 8.07 Å². The van der Waals surface area contributed by atoms with Crippen molar-refractivity contribution in [2.75, 3.05) is 11.5 Å². The highest BCUT2D eigenvalue weighted by molar-refractivity contribution is 6.76. The molecule has 0 aliphatic rings. The van der Waals surface area contributed by atoms with Crippen molar-refractivity contribution in [3.8, 4) is 0 Å². The van der Waals surface area contributed by atoms with E-state index in [2.05, 4.69) is 34.8 Å². The standard InChI is InChI=1S/C8H17N5Si/c1-14(2,3)5-4-6-7(9)11-8(10)13-12-6/h4-5H2,1-3H3,(H4,9,10,11,13). The first-order chi connectivity index (χ1) is 6.38.